The van der Waals surface area contributed by atoms with Crippen molar-refractivity contribution in [3.63, 3.8) is 0 Å². The molecule has 110 valence electrons. The summed E-state index contributed by atoms with van der Waals surface area (Å²) in [6.45, 7) is 0.722. The van der Waals surface area contributed by atoms with Gasteiger partial charge < -0.3 is 10.1 Å². The molecule has 0 aromatic heterocycles. The molecule has 1 N–H and O–H groups in total. The van der Waals surface area contributed by atoms with Crippen LogP contribution in [0.15, 0.2) is 18.2 Å². The van der Waals surface area contributed by atoms with Gasteiger partial charge in [0.15, 0.2) is 0 Å². The van der Waals surface area contributed by atoms with E-state index in [-0.39, 0.29) is 18.8 Å². The fraction of sp³-hybridized carbons (Fsp3) is 0.625. The van der Waals surface area contributed by atoms with Gasteiger partial charge in [-0.3, -0.25) is 0 Å². The normalized spacial score (nSPS) is 24.9. The molecule has 0 heterocycles. The van der Waals surface area contributed by atoms with E-state index in [2.05, 4.69) is 11.4 Å². The topological polar surface area (TPSA) is 21.3 Å². The molecule has 2 aliphatic rings. The Morgan fingerprint density at radius 1 is 1.35 bits per heavy atom. The third kappa shape index (κ3) is 2.80. The Bertz CT molecular complexity index is 481. The van der Waals surface area contributed by atoms with E-state index in [0.29, 0.717) is 6.04 Å². The second-order valence-corrected chi connectivity index (χ2v) is 6.08. The van der Waals surface area contributed by atoms with Gasteiger partial charge in [-0.2, -0.15) is 0 Å². The quantitative estimate of drug-likeness (QED) is 0.915. The fourth-order valence-corrected chi connectivity index (χ4v) is 3.40. The van der Waals surface area contributed by atoms with E-state index in [1.54, 1.807) is 7.11 Å². The minimum absolute atomic E-state index is 0.0527. The molecule has 1 fully saturated rings. The molecule has 0 radical (unpaired) electrons. The number of fused-ring (bicyclic) bond motifs is 1. The van der Waals surface area contributed by atoms with Gasteiger partial charge in [-0.15, -0.1) is 0 Å². The number of halogens is 2. The molecule has 0 saturated heterocycles. The number of benzene rings is 1. The zero-order valence-electron chi connectivity index (χ0n) is 11.8. The van der Waals surface area contributed by atoms with Crippen LogP contribution in [-0.4, -0.2) is 25.6 Å². The molecule has 2 aliphatic carbocycles. The molecule has 1 atom stereocenters. The molecule has 0 amide bonds. The van der Waals surface area contributed by atoms with Crippen molar-refractivity contribution >= 4 is 0 Å². The van der Waals surface area contributed by atoms with Crippen LogP contribution in [0, 0.1) is 5.92 Å². The molecule has 3 rings (SSSR count). The van der Waals surface area contributed by atoms with Crippen molar-refractivity contribution in [1.82, 2.24) is 5.32 Å². The van der Waals surface area contributed by atoms with E-state index in [9.17, 15) is 8.78 Å². The third-order valence-electron chi connectivity index (χ3n) is 4.53. The summed E-state index contributed by atoms with van der Waals surface area (Å²) in [5, 5.41) is 3.47. The van der Waals surface area contributed by atoms with E-state index in [1.165, 1.54) is 11.1 Å². The van der Waals surface area contributed by atoms with Crippen molar-refractivity contribution < 1.29 is 13.5 Å². The number of methoxy groups -OCH3 is 1. The highest BCUT2D eigenvalue weighted by atomic mass is 19.3. The van der Waals surface area contributed by atoms with Crippen LogP contribution in [0.3, 0.4) is 0 Å². The molecule has 2 nitrogen and oxygen atoms in total. The molecule has 1 aromatic carbocycles. The maximum Gasteiger partial charge on any atom is 0.248 e. The molecule has 0 spiro atoms. The number of ether oxygens (including phenoxy) is 1. The van der Waals surface area contributed by atoms with Crippen LogP contribution < -0.4 is 10.1 Å². The highest BCUT2D eigenvalue weighted by molar-refractivity contribution is 5.42. The summed E-state index contributed by atoms with van der Waals surface area (Å²) < 4.78 is 31.0. The first-order chi connectivity index (χ1) is 9.57. The van der Waals surface area contributed by atoms with Gasteiger partial charge in [-0.25, -0.2) is 8.78 Å². The average molecular weight is 281 g/mol. The Labute approximate surface area is 118 Å². The summed E-state index contributed by atoms with van der Waals surface area (Å²) in [7, 11) is 1.71. The number of alkyl halides is 2. The Balaban J connectivity index is 1.54. The van der Waals surface area contributed by atoms with E-state index in [0.717, 1.165) is 31.6 Å². The summed E-state index contributed by atoms with van der Waals surface area (Å²) in [6.07, 6.45) is 3.12. The van der Waals surface area contributed by atoms with E-state index < -0.39 is 5.92 Å². The van der Waals surface area contributed by atoms with Crippen LogP contribution in [0.2, 0.25) is 0 Å². The van der Waals surface area contributed by atoms with E-state index >= 15 is 0 Å². The highest BCUT2D eigenvalue weighted by Gasteiger charge is 2.44. The van der Waals surface area contributed by atoms with E-state index in [1.807, 2.05) is 12.1 Å². The van der Waals surface area contributed by atoms with Gasteiger partial charge >= 0.3 is 0 Å². The van der Waals surface area contributed by atoms with Crippen LogP contribution in [0.5, 0.6) is 5.75 Å². The number of hydrogen-bond donors (Lipinski definition) is 1. The Morgan fingerprint density at radius 2 is 2.15 bits per heavy atom. The van der Waals surface area contributed by atoms with Crippen molar-refractivity contribution in [3.05, 3.63) is 29.3 Å². The average Bonchev–Trinajstić information content (AvgIpc) is 2.41. The fourth-order valence-electron chi connectivity index (χ4n) is 3.40. The monoisotopic (exact) mass is 281 g/mol. The minimum atomic E-state index is -2.40. The van der Waals surface area contributed by atoms with Gasteiger partial charge in [0.2, 0.25) is 5.92 Å². The molecule has 1 unspecified atom stereocenters. The van der Waals surface area contributed by atoms with E-state index in [4.69, 9.17) is 4.74 Å². The number of rotatable bonds is 4. The predicted octanol–water partition coefficient (Wildman–Crippen LogP) is 3.19. The van der Waals surface area contributed by atoms with Crippen molar-refractivity contribution in [2.24, 2.45) is 5.92 Å². The first kappa shape index (κ1) is 13.8. The molecular formula is C16H21F2NO. The molecule has 0 aliphatic heterocycles. The Kier molecular flexibility index (Phi) is 3.67. The van der Waals surface area contributed by atoms with Crippen LogP contribution in [0.4, 0.5) is 8.78 Å². The smallest absolute Gasteiger partial charge is 0.248 e. The van der Waals surface area contributed by atoms with Crippen molar-refractivity contribution in [3.8, 4) is 5.75 Å². The molecule has 4 heteroatoms. The van der Waals surface area contributed by atoms with Crippen molar-refractivity contribution in [2.45, 2.75) is 44.1 Å². The Morgan fingerprint density at radius 3 is 2.85 bits per heavy atom. The lowest BCUT2D eigenvalue weighted by molar-refractivity contribution is -0.109. The summed E-state index contributed by atoms with van der Waals surface area (Å²) >= 11 is 0. The third-order valence-corrected chi connectivity index (χ3v) is 4.53. The Hall–Kier alpha value is -1.16. The van der Waals surface area contributed by atoms with Gasteiger partial charge in [0.05, 0.1) is 7.11 Å². The van der Waals surface area contributed by atoms with Crippen molar-refractivity contribution in [1.29, 1.82) is 0 Å². The number of hydrogen-bond acceptors (Lipinski definition) is 2. The zero-order chi connectivity index (χ0) is 14.2. The SMILES string of the molecule is COc1cccc2c1CCC(NCC1CC(F)(F)C1)C2. The standard InChI is InChI=1S/C16H21F2NO/c1-20-15-4-2-3-12-7-13(5-6-14(12)15)19-10-11-8-16(17,18)9-11/h2-4,11,13,19H,5-10H2,1H3. The molecule has 1 aromatic rings. The van der Waals surface area contributed by atoms with Crippen LogP contribution in [-0.2, 0) is 12.8 Å². The lowest BCUT2D eigenvalue weighted by Crippen LogP contribution is -2.45. The van der Waals surface area contributed by atoms with Gasteiger partial charge in [0, 0.05) is 18.9 Å². The zero-order valence-corrected chi connectivity index (χ0v) is 11.8. The lowest BCUT2D eigenvalue weighted by Gasteiger charge is -2.36. The summed E-state index contributed by atoms with van der Waals surface area (Å²) in [5.41, 5.74) is 2.63. The summed E-state index contributed by atoms with van der Waals surface area (Å²) in [6, 6.07) is 6.57. The van der Waals surface area contributed by atoms with Gasteiger partial charge in [0.1, 0.15) is 5.75 Å². The van der Waals surface area contributed by atoms with Gasteiger partial charge in [0.25, 0.3) is 0 Å². The molecular weight excluding hydrogens is 260 g/mol. The first-order valence-electron chi connectivity index (χ1n) is 7.33. The lowest BCUT2D eigenvalue weighted by atomic mass is 9.80. The second-order valence-electron chi connectivity index (χ2n) is 6.08. The maximum atomic E-state index is 12.8. The predicted molar refractivity (Wildman–Crippen MR) is 74.5 cm³/mol. The second kappa shape index (κ2) is 5.32. The van der Waals surface area contributed by atoms with Crippen LogP contribution >= 0.6 is 0 Å². The largest absolute Gasteiger partial charge is 0.496 e. The molecule has 0 bridgehead atoms. The van der Waals surface area contributed by atoms with Gasteiger partial charge in [-0.1, -0.05) is 12.1 Å². The summed E-state index contributed by atoms with van der Waals surface area (Å²) in [5.74, 6) is -1.28. The summed E-state index contributed by atoms with van der Waals surface area (Å²) in [4.78, 5) is 0. The molecule has 20 heavy (non-hydrogen) atoms. The van der Waals surface area contributed by atoms with Crippen LogP contribution in [0.25, 0.3) is 0 Å². The number of nitrogens with one attached hydrogen (secondary N) is 1. The maximum absolute atomic E-state index is 12.8. The molecule has 1 saturated carbocycles. The highest BCUT2D eigenvalue weighted by Crippen LogP contribution is 2.42. The van der Waals surface area contributed by atoms with Crippen molar-refractivity contribution in [2.75, 3.05) is 13.7 Å². The first-order valence-corrected chi connectivity index (χ1v) is 7.33. The van der Waals surface area contributed by atoms with Gasteiger partial charge in [-0.05, 0) is 48.9 Å². The minimum Gasteiger partial charge on any atom is -0.496 e. The van der Waals surface area contributed by atoms with Crippen LogP contribution in [0.1, 0.15) is 30.4 Å².